The molecule has 0 heterocycles. The molecule has 0 aliphatic carbocycles. The van der Waals surface area contributed by atoms with Crippen LogP contribution in [0.25, 0.3) is 0 Å². The molecule has 19 heteroatoms. The normalized spacial score (nSPS) is 13.6. The standard InChI is InChI=1S/C92H180O17P2/c1-5-9-13-17-21-25-29-33-36-39-42-43-44-46-49-52-55-59-63-67-71-75-79-92(97)109-88(83-103-90(95)77-73-69-65-61-57-53-50-48-45-40-37-34-30-26-22-18-14-10-6-2)85-107-111(100,101)105-81-86(93)80-104-110(98,99)106-84-87(82-102-89(94)76-72-68-64-60-56-32-28-24-20-16-12-8-4)108-91(96)78-74-70-66-62-58-54-51-47-41-38-35-31-27-23-19-15-11-7-3/h86-88,93H,5-85H2,1-4H3,(H,98,99)(H,100,101)/t86-,87+,88+/m0/s1. The van der Waals surface area contributed by atoms with Crippen molar-refractivity contribution in [2.45, 2.75) is 528 Å². The highest BCUT2D eigenvalue weighted by atomic mass is 31.2. The number of unbranched alkanes of at least 4 members (excludes halogenated alkanes) is 67. The zero-order chi connectivity index (χ0) is 81.0. The van der Waals surface area contributed by atoms with Crippen LogP contribution >= 0.6 is 15.6 Å². The SMILES string of the molecule is CCCCCCCCCCCCCCCCCCCCCCCCC(=O)O[C@H](COC(=O)CCCCCCCCCCCCCCCCCCCCC)COP(=O)(O)OC[C@@H](O)COP(=O)(O)OC[C@@H](COC(=O)CCCCCCCCCCCCCC)OC(=O)CCCCCCCCCCCCCCCCCCCC. The Balaban J connectivity index is 5.24. The lowest BCUT2D eigenvalue weighted by Gasteiger charge is -2.21. The summed E-state index contributed by atoms with van der Waals surface area (Å²) < 4.78 is 69.1. The predicted molar refractivity (Wildman–Crippen MR) is 460 cm³/mol. The average Bonchev–Trinajstić information content (AvgIpc) is 0.901. The van der Waals surface area contributed by atoms with Gasteiger partial charge in [-0.3, -0.25) is 37.3 Å². The van der Waals surface area contributed by atoms with Gasteiger partial charge < -0.3 is 33.8 Å². The number of aliphatic hydroxyl groups is 1. The molecular weight excluding hydrogens is 1440 g/mol. The first-order valence-electron chi connectivity index (χ1n) is 47.8. The number of hydrogen-bond donors (Lipinski definition) is 3. The van der Waals surface area contributed by atoms with E-state index in [1.165, 1.54) is 340 Å². The van der Waals surface area contributed by atoms with Gasteiger partial charge in [-0.05, 0) is 25.7 Å². The average molecular weight is 1620 g/mol. The minimum absolute atomic E-state index is 0.110. The molecule has 660 valence electrons. The van der Waals surface area contributed by atoms with E-state index in [0.717, 1.165) is 89.9 Å². The Morgan fingerprint density at radius 2 is 0.360 bits per heavy atom. The van der Waals surface area contributed by atoms with Gasteiger partial charge in [0.2, 0.25) is 0 Å². The summed E-state index contributed by atoms with van der Waals surface area (Å²) in [6.45, 7) is 5.10. The van der Waals surface area contributed by atoms with Crippen molar-refractivity contribution in [3.8, 4) is 0 Å². The molecule has 0 aromatic heterocycles. The maximum absolute atomic E-state index is 13.2. The molecule has 0 rings (SSSR count). The van der Waals surface area contributed by atoms with E-state index in [4.69, 9.17) is 37.0 Å². The molecule has 0 amide bonds. The number of hydrogen-bond acceptors (Lipinski definition) is 15. The lowest BCUT2D eigenvalue weighted by molar-refractivity contribution is -0.161. The number of esters is 4. The van der Waals surface area contributed by atoms with Gasteiger partial charge in [-0.1, -0.05) is 458 Å². The zero-order valence-electron chi connectivity index (χ0n) is 73.0. The number of aliphatic hydroxyl groups excluding tert-OH is 1. The van der Waals surface area contributed by atoms with Crippen LogP contribution in [0.2, 0.25) is 0 Å². The van der Waals surface area contributed by atoms with Crippen LogP contribution in [-0.2, 0) is 65.4 Å². The van der Waals surface area contributed by atoms with E-state index in [2.05, 4.69) is 27.7 Å². The second kappa shape index (κ2) is 85.9. The molecule has 2 unspecified atom stereocenters. The van der Waals surface area contributed by atoms with E-state index < -0.39 is 97.5 Å². The molecule has 0 bridgehead atoms. The van der Waals surface area contributed by atoms with E-state index in [0.29, 0.717) is 25.7 Å². The molecule has 0 spiro atoms. The lowest BCUT2D eigenvalue weighted by Crippen LogP contribution is -2.30. The van der Waals surface area contributed by atoms with Crippen LogP contribution in [0.3, 0.4) is 0 Å². The Hall–Kier alpha value is -1.94. The molecule has 0 aliphatic rings. The van der Waals surface area contributed by atoms with Crippen LogP contribution in [0.1, 0.15) is 509 Å². The van der Waals surface area contributed by atoms with Crippen LogP contribution in [0.5, 0.6) is 0 Å². The molecule has 5 atom stereocenters. The van der Waals surface area contributed by atoms with Gasteiger partial charge in [-0.15, -0.1) is 0 Å². The molecule has 3 N–H and O–H groups in total. The molecule has 17 nitrogen and oxygen atoms in total. The third kappa shape index (κ3) is 85.8. The van der Waals surface area contributed by atoms with Gasteiger partial charge in [-0.25, -0.2) is 9.13 Å². The van der Waals surface area contributed by atoms with Gasteiger partial charge in [0.25, 0.3) is 0 Å². The second-order valence-corrected chi connectivity index (χ2v) is 36.0. The van der Waals surface area contributed by atoms with Crippen LogP contribution in [-0.4, -0.2) is 96.7 Å². The number of rotatable bonds is 93. The Bertz CT molecular complexity index is 2090. The first-order chi connectivity index (χ1) is 54.2. The maximum atomic E-state index is 13.2. The summed E-state index contributed by atoms with van der Waals surface area (Å²) in [7, 11) is -9.93. The van der Waals surface area contributed by atoms with Gasteiger partial charge in [0, 0.05) is 25.7 Å². The topological polar surface area (TPSA) is 237 Å². The third-order valence-corrected chi connectivity index (χ3v) is 23.8. The minimum Gasteiger partial charge on any atom is -0.462 e. The number of phosphoric acid groups is 2. The smallest absolute Gasteiger partial charge is 0.462 e. The number of carbonyl (C=O) groups is 4. The van der Waals surface area contributed by atoms with Crippen LogP contribution in [0.4, 0.5) is 0 Å². The van der Waals surface area contributed by atoms with Gasteiger partial charge in [0.05, 0.1) is 26.4 Å². The van der Waals surface area contributed by atoms with Gasteiger partial charge in [-0.2, -0.15) is 0 Å². The van der Waals surface area contributed by atoms with Gasteiger partial charge in [0.15, 0.2) is 12.2 Å². The molecule has 0 fully saturated rings. The largest absolute Gasteiger partial charge is 0.472 e. The third-order valence-electron chi connectivity index (χ3n) is 21.9. The van der Waals surface area contributed by atoms with E-state index >= 15 is 0 Å². The minimum atomic E-state index is -4.97. The summed E-state index contributed by atoms with van der Waals surface area (Å²) >= 11 is 0. The van der Waals surface area contributed by atoms with Gasteiger partial charge >= 0.3 is 39.5 Å². The first kappa shape index (κ1) is 109. The summed E-state index contributed by atoms with van der Waals surface area (Å²) in [6.07, 6.45) is 83.4. The summed E-state index contributed by atoms with van der Waals surface area (Å²) in [5.74, 6) is -2.09. The fourth-order valence-corrected chi connectivity index (χ4v) is 16.2. The van der Waals surface area contributed by atoms with Crippen molar-refractivity contribution < 1.29 is 80.2 Å². The van der Waals surface area contributed by atoms with Crippen molar-refractivity contribution >= 4 is 39.5 Å². The Kier molecular flexibility index (Phi) is 84.4. The Morgan fingerprint density at radius 3 is 0.532 bits per heavy atom. The fourth-order valence-electron chi connectivity index (χ4n) is 14.6. The molecule has 0 radical (unpaired) electrons. The molecule has 0 aromatic rings. The van der Waals surface area contributed by atoms with E-state index in [9.17, 15) is 43.2 Å². The summed E-state index contributed by atoms with van der Waals surface area (Å²) in [6, 6.07) is 0. The van der Waals surface area contributed by atoms with E-state index in [1.807, 2.05) is 0 Å². The summed E-state index contributed by atoms with van der Waals surface area (Å²) in [5.41, 5.74) is 0. The Morgan fingerprint density at radius 1 is 0.216 bits per heavy atom. The van der Waals surface area contributed by atoms with Crippen LogP contribution < -0.4 is 0 Å². The lowest BCUT2D eigenvalue weighted by atomic mass is 10.0. The summed E-state index contributed by atoms with van der Waals surface area (Å²) in [4.78, 5) is 73.5. The van der Waals surface area contributed by atoms with Crippen molar-refractivity contribution in [3.63, 3.8) is 0 Å². The van der Waals surface area contributed by atoms with E-state index in [1.54, 1.807) is 0 Å². The first-order valence-corrected chi connectivity index (χ1v) is 50.8. The molecule has 0 saturated carbocycles. The molecule has 0 aliphatic heterocycles. The van der Waals surface area contributed by atoms with Crippen LogP contribution in [0, 0.1) is 0 Å². The van der Waals surface area contributed by atoms with Crippen molar-refractivity contribution in [2.24, 2.45) is 0 Å². The number of ether oxygens (including phenoxy) is 4. The summed E-state index contributed by atoms with van der Waals surface area (Å²) in [5, 5.41) is 10.7. The Labute approximate surface area is 683 Å². The highest BCUT2D eigenvalue weighted by Gasteiger charge is 2.31. The molecule has 111 heavy (non-hydrogen) atoms. The monoisotopic (exact) mass is 1620 g/mol. The van der Waals surface area contributed by atoms with Crippen molar-refractivity contribution in [1.29, 1.82) is 0 Å². The highest BCUT2D eigenvalue weighted by Crippen LogP contribution is 2.45. The highest BCUT2D eigenvalue weighted by molar-refractivity contribution is 7.47. The number of phosphoric ester groups is 2. The fraction of sp³-hybridized carbons (Fsp3) is 0.957. The van der Waals surface area contributed by atoms with Crippen molar-refractivity contribution in [3.05, 3.63) is 0 Å². The van der Waals surface area contributed by atoms with Gasteiger partial charge in [0.1, 0.15) is 19.3 Å². The second-order valence-electron chi connectivity index (χ2n) is 33.1. The molecule has 0 aromatic carbocycles. The van der Waals surface area contributed by atoms with Crippen molar-refractivity contribution in [1.82, 2.24) is 0 Å². The maximum Gasteiger partial charge on any atom is 0.472 e. The van der Waals surface area contributed by atoms with E-state index in [-0.39, 0.29) is 25.7 Å². The molecule has 0 saturated heterocycles. The quantitative estimate of drug-likeness (QED) is 0.0222. The van der Waals surface area contributed by atoms with Crippen molar-refractivity contribution in [2.75, 3.05) is 39.6 Å². The molecular formula is C92H180O17P2. The predicted octanol–water partition coefficient (Wildman–Crippen LogP) is 28.9. The zero-order valence-corrected chi connectivity index (χ0v) is 74.7. The number of carbonyl (C=O) groups excluding carboxylic acids is 4. The van der Waals surface area contributed by atoms with Crippen LogP contribution in [0.15, 0.2) is 0 Å².